The lowest BCUT2D eigenvalue weighted by Gasteiger charge is -2.30. The van der Waals surface area contributed by atoms with Gasteiger partial charge in [0, 0.05) is 13.1 Å². The SMILES string of the molecule is CCCN(CC)C(=O)NC(C)(CCC)C(=O)O. The molecule has 0 radical (unpaired) electrons. The van der Waals surface area contributed by atoms with Crippen molar-refractivity contribution in [3.8, 4) is 0 Å². The third kappa shape index (κ3) is 4.63. The van der Waals surface area contributed by atoms with Crippen molar-refractivity contribution in [2.75, 3.05) is 13.1 Å². The monoisotopic (exact) mass is 244 g/mol. The van der Waals surface area contributed by atoms with E-state index in [4.69, 9.17) is 5.11 Å². The average molecular weight is 244 g/mol. The van der Waals surface area contributed by atoms with E-state index in [2.05, 4.69) is 5.32 Å². The first kappa shape index (κ1) is 15.7. The van der Waals surface area contributed by atoms with E-state index in [1.54, 1.807) is 11.8 Å². The van der Waals surface area contributed by atoms with E-state index in [0.29, 0.717) is 25.9 Å². The first-order valence-electron chi connectivity index (χ1n) is 6.21. The van der Waals surface area contributed by atoms with Gasteiger partial charge in [0.25, 0.3) is 0 Å². The summed E-state index contributed by atoms with van der Waals surface area (Å²) in [7, 11) is 0. The van der Waals surface area contributed by atoms with E-state index in [0.717, 1.165) is 6.42 Å². The lowest BCUT2D eigenvalue weighted by atomic mass is 9.96. The van der Waals surface area contributed by atoms with Crippen molar-refractivity contribution in [2.24, 2.45) is 0 Å². The largest absolute Gasteiger partial charge is 0.480 e. The van der Waals surface area contributed by atoms with Crippen LogP contribution in [0, 0.1) is 0 Å². The Kier molecular flexibility index (Phi) is 6.61. The standard InChI is InChI=1S/C12H24N2O3/c1-5-8-12(4,10(15)16)13-11(17)14(7-3)9-6-2/h5-9H2,1-4H3,(H,13,17)(H,15,16). The van der Waals surface area contributed by atoms with E-state index in [1.165, 1.54) is 0 Å². The molecule has 0 aromatic rings. The second-order valence-corrected chi connectivity index (χ2v) is 4.40. The van der Waals surface area contributed by atoms with Crippen molar-refractivity contribution in [2.45, 2.75) is 52.5 Å². The van der Waals surface area contributed by atoms with Gasteiger partial charge >= 0.3 is 12.0 Å². The van der Waals surface area contributed by atoms with Crippen LogP contribution in [0.2, 0.25) is 0 Å². The molecule has 0 saturated heterocycles. The van der Waals surface area contributed by atoms with Crippen molar-refractivity contribution < 1.29 is 14.7 Å². The van der Waals surface area contributed by atoms with Crippen LogP contribution in [0.5, 0.6) is 0 Å². The number of urea groups is 1. The summed E-state index contributed by atoms with van der Waals surface area (Å²) in [5, 5.41) is 11.8. The molecular formula is C12H24N2O3. The van der Waals surface area contributed by atoms with Crippen LogP contribution in [0.25, 0.3) is 0 Å². The molecule has 0 fully saturated rings. The molecule has 0 saturated carbocycles. The Morgan fingerprint density at radius 2 is 1.82 bits per heavy atom. The molecule has 1 unspecified atom stereocenters. The zero-order chi connectivity index (χ0) is 13.5. The fourth-order valence-corrected chi connectivity index (χ4v) is 1.71. The van der Waals surface area contributed by atoms with Gasteiger partial charge in [-0.2, -0.15) is 0 Å². The highest BCUT2D eigenvalue weighted by molar-refractivity contribution is 5.85. The van der Waals surface area contributed by atoms with Crippen molar-refractivity contribution in [1.29, 1.82) is 0 Å². The zero-order valence-electron chi connectivity index (χ0n) is 11.2. The highest BCUT2D eigenvalue weighted by Gasteiger charge is 2.34. The summed E-state index contributed by atoms with van der Waals surface area (Å²) in [5.41, 5.74) is -1.17. The van der Waals surface area contributed by atoms with Crippen molar-refractivity contribution in [1.82, 2.24) is 10.2 Å². The summed E-state index contributed by atoms with van der Waals surface area (Å²) in [4.78, 5) is 24.7. The number of hydrogen-bond donors (Lipinski definition) is 2. The molecule has 100 valence electrons. The molecule has 0 aliphatic carbocycles. The molecule has 0 bridgehead atoms. The lowest BCUT2D eigenvalue weighted by molar-refractivity contribution is -0.144. The summed E-state index contributed by atoms with van der Waals surface area (Å²) >= 11 is 0. The molecule has 0 spiro atoms. The average Bonchev–Trinajstić information content (AvgIpc) is 2.25. The van der Waals surface area contributed by atoms with Gasteiger partial charge in [0.15, 0.2) is 0 Å². The number of carboxylic acids is 1. The van der Waals surface area contributed by atoms with Gasteiger partial charge in [-0.15, -0.1) is 0 Å². The molecule has 0 aromatic carbocycles. The predicted molar refractivity (Wildman–Crippen MR) is 67.0 cm³/mol. The van der Waals surface area contributed by atoms with Crippen molar-refractivity contribution in [3.05, 3.63) is 0 Å². The second kappa shape index (κ2) is 7.14. The Morgan fingerprint density at radius 1 is 1.24 bits per heavy atom. The van der Waals surface area contributed by atoms with Gasteiger partial charge in [-0.1, -0.05) is 20.3 Å². The number of nitrogens with one attached hydrogen (secondary N) is 1. The summed E-state index contributed by atoms with van der Waals surface area (Å²) in [6.07, 6.45) is 2.00. The van der Waals surface area contributed by atoms with Crippen LogP contribution in [0.1, 0.15) is 47.0 Å². The molecule has 5 nitrogen and oxygen atoms in total. The Balaban J connectivity index is 4.64. The van der Waals surface area contributed by atoms with Crippen LogP contribution in [0.4, 0.5) is 4.79 Å². The Labute approximate surface area is 103 Å². The Bertz CT molecular complexity index is 268. The van der Waals surface area contributed by atoms with E-state index < -0.39 is 11.5 Å². The summed E-state index contributed by atoms with van der Waals surface area (Å²) in [5.74, 6) is -0.986. The smallest absolute Gasteiger partial charge is 0.329 e. The number of hydrogen-bond acceptors (Lipinski definition) is 2. The predicted octanol–water partition coefficient (Wildman–Crippen LogP) is 2.07. The van der Waals surface area contributed by atoms with Crippen LogP contribution in [0.3, 0.4) is 0 Å². The van der Waals surface area contributed by atoms with Gasteiger partial charge in [-0.3, -0.25) is 0 Å². The molecule has 5 heteroatoms. The number of carbonyl (C=O) groups excluding carboxylic acids is 1. The molecule has 17 heavy (non-hydrogen) atoms. The minimum atomic E-state index is -1.17. The van der Waals surface area contributed by atoms with Crippen LogP contribution in [-0.2, 0) is 4.79 Å². The van der Waals surface area contributed by atoms with Gasteiger partial charge < -0.3 is 15.3 Å². The molecule has 0 rings (SSSR count). The van der Waals surface area contributed by atoms with E-state index >= 15 is 0 Å². The maximum Gasteiger partial charge on any atom is 0.329 e. The zero-order valence-corrected chi connectivity index (χ0v) is 11.2. The summed E-state index contributed by atoms with van der Waals surface area (Å²) < 4.78 is 0. The third-order valence-electron chi connectivity index (χ3n) is 2.77. The van der Waals surface area contributed by atoms with Crippen LogP contribution in [0.15, 0.2) is 0 Å². The molecule has 0 aliphatic heterocycles. The Hall–Kier alpha value is -1.26. The molecule has 0 aromatic heterocycles. The first-order chi connectivity index (χ1) is 7.91. The van der Waals surface area contributed by atoms with Crippen LogP contribution in [-0.4, -0.2) is 40.6 Å². The van der Waals surface area contributed by atoms with Gasteiger partial charge in [0.2, 0.25) is 0 Å². The summed E-state index contributed by atoms with van der Waals surface area (Å²) in [6.45, 7) is 8.55. The molecular weight excluding hydrogens is 220 g/mol. The maximum atomic E-state index is 11.9. The van der Waals surface area contributed by atoms with E-state index in [9.17, 15) is 9.59 Å². The number of rotatable bonds is 7. The normalized spacial score (nSPS) is 13.9. The topological polar surface area (TPSA) is 69.6 Å². The lowest BCUT2D eigenvalue weighted by Crippen LogP contribution is -2.56. The molecule has 0 aliphatic rings. The van der Waals surface area contributed by atoms with Crippen molar-refractivity contribution >= 4 is 12.0 Å². The number of nitrogens with zero attached hydrogens (tertiary/aromatic N) is 1. The quantitative estimate of drug-likeness (QED) is 0.720. The molecule has 2 N–H and O–H groups in total. The van der Waals surface area contributed by atoms with Crippen LogP contribution < -0.4 is 5.32 Å². The number of carboxylic acid groups (broad SMARTS) is 1. The number of aliphatic carboxylic acids is 1. The minimum absolute atomic E-state index is 0.298. The first-order valence-corrected chi connectivity index (χ1v) is 6.21. The fourth-order valence-electron chi connectivity index (χ4n) is 1.71. The van der Waals surface area contributed by atoms with Crippen LogP contribution >= 0.6 is 0 Å². The highest BCUT2D eigenvalue weighted by Crippen LogP contribution is 2.13. The minimum Gasteiger partial charge on any atom is -0.480 e. The van der Waals surface area contributed by atoms with Crippen molar-refractivity contribution in [3.63, 3.8) is 0 Å². The third-order valence-corrected chi connectivity index (χ3v) is 2.77. The number of amides is 2. The highest BCUT2D eigenvalue weighted by atomic mass is 16.4. The maximum absolute atomic E-state index is 11.9. The Morgan fingerprint density at radius 3 is 2.18 bits per heavy atom. The van der Waals surface area contributed by atoms with E-state index in [-0.39, 0.29) is 6.03 Å². The van der Waals surface area contributed by atoms with Gasteiger partial charge in [-0.05, 0) is 26.7 Å². The van der Waals surface area contributed by atoms with Gasteiger partial charge in [0.05, 0.1) is 0 Å². The molecule has 0 heterocycles. The van der Waals surface area contributed by atoms with Gasteiger partial charge in [-0.25, -0.2) is 9.59 Å². The summed E-state index contributed by atoms with van der Waals surface area (Å²) in [6, 6.07) is -0.298. The van der Waals surface area contributed by atoms with Gasteiger partial charge in [0.1, 0.15) is 5.54 Å². The second-order valence-electron chi connectivity index (χ2n) is 4.40. The number of carbonyl (C=O) groups is 2. The molecule has 1 atom stereocenters. The fraction of sp³-hybridized carbons (Fsp3) is 0.833. The molecule has 2 amide bonds. The van der Waals surface area contributed by atoms with E-state index in [1.807, 2.05) is 20.8 Å².